The summed E-state index contributed by atoms with van der Waals surface area (Å²) in [5, 5.41) is 18.6. The first-order valence-corrected chi connectivity index (χ1v) is 6.22. The fourth-order valence-electron chi connectivity index (χ4n) is 2.62. The minimum Gasteiger partial charge on any atom is -0.480 e. The van der Waals surface area contributed by atoms with Crippen molar-refractivity contribution in [3.05, 3.63) is 0 Å². The minimum absolute atomic E-state index is 0.243. The number of hydrogen-bond acceptors (Lipinski definition) is 3. The lowest BCUT2D eigenvalue weighted by molar-refractivity contribution is -0.144. The van der Waals surface area contributed by atoms with Gasteiger partial charge in [-0.2, -0.15) is 0 Å². The van der Waals surface area contributed by atoms with Gasteiger partial charge in [0.15, 0.2) is 0 Å². The lowest BCUT2D eigenvalue weighted by Crippen LogP contribution is -2.44. The minimum atomic E-state index is -0.723. The lowest BCUT2D eigenvalue weighted by atomic mass is 10.0. The number of carboxylic acid groups (broad SMARTS) is 1. The molecule has 0 saturated carbocycles. The molecule has 94 valence electrons. The van der Waals surface area contributed by atoms with Gasteiger partial charge in [0.2, 0.25) is 0 Å². The van der Waals surface area contributed by atoms with E-state index in [2.05, 4.69) is 4.90 Å². The molecule has 4 heteroatoms. The first kappa shape index (κ1) is 13.5. The topological polar surface area (TPSA) is 60.8 Å². The number of carbonyl (C=O) groups is 1. The Morgan fingerprint density at radius 1 is 1.56 bits per heavy atom. The average Bonchev–Trinajstić information content (AvgIpc) is 2.60. The van der Waals surface area contributed by atoms with Gasteiger partial charge in [-0.05, 0) is 39.2 Å². The molecule has 0 spiro atoms. The Morgan fingerprint density at radius 2 is 2.25 bits per heavy atom. The molecule has 0 aromatic heterocycles. The standard InChI is InChI=1S/C12H23NO3/c1-3-5-11(12(15)16)13-7-4-6-10(13)8-9(2)14/h9-11,14H,3-8H2,1-2H3,(H,15,16). The second-order valence-corrected chi connectivity index (χ2v) is 4.76. The summed E-state index contributed by atoms with van der Waals surface area (Å²) in [5.41, 5.74) is 0. The third kappa shape index (κ3) is 3.46. The molecule has 4 nitrogen and oxygen atoms in total. The van der Waals surface area contributed by atoms with E-state index >= 15 is 0 Å². The second-order valence-electron chi connectivity index (χ2n) is 4.76. The van der Waals surface area contributed by atoms with Crippen LogP contribution in [0.2, 0.25) is 0 Å². The quantitative estimate of drug-likeness (QED) is 0.724. The first-order chi connectivity index (χ1) is 7.56. The number of rotatable bonds is 6. The van der Waals surface area contributed by atoms with Crippen molar-refractivity contribution >= 4 is 5.97 Å². The molecule has 2 N–H and O–H groups in total. The predicted octanol–water partition coefficient (Wildman–Crippen LogP) is 1.48. The van der Waals surface area contributed by atoms with Gasteiger partial charge < -0.3 is 10.2 Å². The van der Waals surface area contributed by atoms with Gasteiger partial charge in [0, 0.05) is 6.04 Å². The molecule has 0 amide bonds. The summed E-state index contributed by atoms with van der Waals surface area (Å²) in [6.07, 6.45) is 3.98. The Kier molecular flexibility index (Phi) is 5.22. The maximum atomic E-state index is 11.2. The van der Waals surface area contributed by atoms with E-state index in [-0.39, 0.29) is 18.2 Å². The van der Waals surface area contributed by atoms with Gasteiger partial charge in [-0.1, -0.05) is 13.3 Å². The van der Waals surface area contributed by atoms with E-state index in [9.17, 15) is 15.0 Å². The number of aliphatic hydroxyl groups is 1. The van der Waals surface area contributed by atoms with Crippen molar-refractivity contribution in [3.8, 4) is 0 Å². The highest BCUT2D eigenvalue weighted by molar-refractivity contribution is 5.73. The van der Waals surface area contributed by atoms with Crippen LogP contribution < -0.4 is 0 Å². The largest absolute Gasteiger partial charge is 0.480 e. The SMILES string of the molecule is CCCC(C(=O)O)N1CCCC1CC(C)O. The van der Waals surface area contributed by atoms with Crippen molar-refractivity contribution < 1.29 is 15.0 Å². The molecule has 3 unspecified atom stereocenters. The van der Waals surface area contributed by atoms with E-state index in [1.54, 1.807) is 6.92 Å². The third-order valence-electron chi connectivity index (χ3n) is 3.28. The van der Waals surface area contributed by atoms with Gasteiger partial charge in [0.1, 0.15) is 6.04 Å². The molecule has 3 atom stereocenters. The van der Waals surface area contributed by atoms with Gasteiger partial charge in [-0.15, -0.1) is 0 Å². The van der Waals surface area contributed by atoms with Crippen LogP contribution in [0.25, 0.3) is 0 Å². The number of aliphatic carboxylic acids is 1. The smallest absolute Gasteiger partial charge is 0.320 e. The zero-order valence-corrected chi connectivity index (χ0v) is 10.2. The van der Waals surface area contributed by atoms with Crippen molar-refractivity contribution in [3.63, 3.8) is 0 Å². The molecule has 1 heterocycles. The van der Waals surface area contributed by atoms with E-state index < -0.39 is 5.97 Å². The molecule has 0 radical (unpaired) electrons. The van der Waals surface area contributed by atoms with E-state index in [1.165, 1.54) is 0 Å². The Bertz CT molecular complexity index is 230. The predicted molar refractivity (Wildman–Crippen MR) is 62.4 cm³/mol. The zero-order chi connectivity index (χ0) is 12.1. The van der Waals surface area contributed by atoms with Crippen LogP contribution in [0, 0.1) is 0 Å². The molecule has 0 aromatic carbocycles. The van der Waals surface area contributed by atoms with Crippen LogP contribution in [0.3, 0.4) is 0 Å². The van der Waals surface area contributed by atoms with Crippen LogP contribution in [0.15, 0.2) is 0 Å². The summed E-state index contributed by atoms with van der Waals surface area (Å²) in [6, 6.07) is -0.121. The van der Waals surface area contributed by atoms with Gasteiger partial charge >= 0.3 is 5.97 Å². The monoisotopic (exact) mass is 229 g/mol. The third-order valence-corrected chi connectivity index (χ3v) is 3.28. The second kappa shape index (κ2) is 6.21. The molecule has 1 aliphatic heterocycles. The number of nitrogens with zero attached hydrogens (tertiary/aromatic N) is 1. The van der Waals surface area contributed by atoms with Gasteiger partial charge in [0.25, 0.3) is 0 Å². The van der Waals surface area contributed by atoms with Crippen molar-refractivity contribution in [1.82, 2.24) is 4.90 Å². The highest BCUT2D eigenvalue weighted by Crippen LogP contribution is 2.25. The summed E-state index contributed by atoms with van der Waals surface area (Å²) < 4.78 is 0. The Hall–Kier alpha value is -0.610. The van der Waals surface area contributed by atoms with E-state index in [0.717, 1.165) is 25.8 Å². The summed E-state index contributed by atoms with van der Waals surface area (Å²) in [5.74, 6) is -0.723. The van der Waals surface area contributed by atoms with Crippen LogP contribution in [0.1, 0.15) is 46.0 Å². The lowest BCUT2D eigenvalue weighted by Gasteiger charge is -2.30. The van der Waals surface area contributed by atoms with Crippen LogP contribution in [-0.2, 0) is 4.79 Å². The van der Waals surface area contributed by atoms with E-state index in [0.29, 0.717) is 12.8 Å². The average molecular weight is 229 g/mol. The van der Waals surface area contributed by atoms with Crippen LogP contribution in [0.5, 0.6) is 0 Å². The molecular formula is C12H23NO3. The fraction of sp³-hybridized carbons (Fsp3) is 0.917. The number of likely N-dealkylation sites (tertiary alicyclic amines) is 1. The van der Waals surface area contributed by atoms with Crippen LogP contribution in [-0.4, -0.2) is 45.8 Å². The molecule has 1 rings (SSSR count). The molecule has 0 aromatic rings. The molecule has 1 aliphatic rings. The van der Waals surface area contributed by atoms with Gasteiger partial charge in [0.05, 0.1) is 6.10 Å². The number of aliphatic hydroxyl groups excluding tert-OH is 1. The van der Waals surface area contributed by atoms with Crippen LogP contribution in [0.4, 0.5) is 0 Å². The maximum absolute atomic E-state index is 11.2. The summed E-state index contributed by atoms with van der Waals surface area (Å²) >= 11 is 0. The molecule has 1 saturated heterocycles. The first-order valence-electron chi connectivity index (χ1n) is 6.22. The van der Waals surface area contributed by atoms with Crippen molar-refractivity contribution in [2.24, 2.45) is 0 Å². The Morgan fingerprint density at radius 3 is 2.75 bits per heavy atom. The van der Waals surface area contributed by atoms with Gasteiger partial charge in [-0.3, -0.25) is 9.69 Å². The molecular weight excluding hydrogens is 206 g/mol. The summed E-state index contributed by atoms with van der Waals surface area (Å²) in [4.78, 5) is 13.3. The Balaban J connectivity index is 2.63. The van der Waals surface area contributed by atoms with Gasteiger partial charge in [-0.25, -0.2) is 0 Å². The van der Waals surface area contributed by atoms with E-state index in [4.69, 9.17) is 0 Å². The van der Waals surface area contributed by atoms with Crippen LogP contribution >= 0.6 is 0 Å². The number of hydrogen-bond donors (Lipinski definition) is 2. The summed E-state index contributed by atoms with van der Waals surface area (Å²) in [6.45, 7) is 4.64. The molecule has 0 aliphatic carbocycles. The van der Waals surface area contributed by atoms with E-state index in [1.807, 2.05) is 6.92 Å². The zero-order valence-electron chi connectivity index (χ0n) is 10.2. The molecule has 0 bridgehead atoms. The van der Waals surface area contributed by atoms with Crippen molar-refractivity contribution in [2.75, 3.05) is 6.54 Å². The highest BCUT2D eigenvalue weighted by Gasteiger charge is 2.34. The van der Waals surface area contributed by atoms with Crippen molar-refractivity contribution in [2.45, 2.75) is 64.1 Å². The Labute approximate surface area is 97.3 Å². The molecule has 16 heavy (non-hydrogen) atoms. The molecule has 1 fully saturated rings. The number of carboxylic acids is 1. The maximum Gasteiger partial charge on any atom is 0.320 e. The fourth-order valence-corrected chi connectivity index (χ4v) is 2.62. The highest BCUT2D eigenvalue weighted by atomic mass is 16.4. The summed E-state index contributed by atoms with van der Waals surface area (Å²) in [7, 11) is 0. The van der Waals surface area contributed by atoms with Crippen molar-refractivity contribution in [1.29, 1.82) is 0 Å². The normalized spacial score (nSPS) is 25.6.